The highest BCUT2D eigenvalue weighted by molar-refractivity contribution is 5.93. The van der Waals surface area contributed by atoms with Gasteiger partial charge >= 0.3 is 5.97 Å². The summed E-state index contributed by atoms with van der Waals surface area (Å²) in [7, 11) is 1.50. The Labute approximate surface area is 334 Å². The van der Waals surface area contributed by atoms with Crippen LogP contribution in [0.2, 0.25) is 0 Å². The summed E-state index contributed by atoms with van der Waals surface area (Å²) in [5.74, 6) is -5.68. The molecule has 3 rings (SSSR count). The summed E-state index contributed by atoms with van der Waals surface area (Å²) in [6, 6.07) is 2.92. The predicted octanol–water partition coefficient (Wildman–Crippen LogP) is 2.08. The zero-order chi connectivity index (χ0) is 42.2. The third kappa shape index (κ3) is 14.4. The highest BCUT2D eigenvalue weighted by atomic mass is 16.5. The minimum Gasteiger partial charge on any atom is -0.508 e. The zero-order valence-electron chi connectivity index (χ0n) is 33.6. The smallest absolute Gasteiger partial charge is 0.325 e. The number of aromatic hydroxyl groups is 1. The van der Waals surface area contributed by atoms with E-state index in [4.69, 9.17) is 4.74 Å². The fourth-order valence-corrected chi connectivity index (χ4v) is 6.52. The largest absolute Gasteiger partial charge is 0.508 e. The van der Waals surface area contributed by atoms with Gasteiger partial charge in [-0.2, -0.15) is 0 Å². The number of phenolic OH excluding ortho intramolecular Hbond substituents is 1. The summed E-state index contributed by atoms with van der Waals surface area (Å²) in [6.07, 6.45) is 8.34. The maximum Gasteiger partial charge on any atom is 0.325 e. The summed E-state index contributed by atoms with van der Waals surface area (Å²) in [5, 5.41) is 41.9. The molecule has 7 N–H and O–H groups in total. The van der Waals surface area contributed by atoms with Crippen molar-refractivity contribution in [3.8, 4) is 5.75 Å². The normalized spacial score (nSPS) is 28.7. The lowest BCUT2D eigenvalue weighted by Crippen LogP contribution is -2.62. The van der Waals surface area contributed by atoms with Gasteiger partial charge in [0.2, 0.25) is 17.7 Å². The first kappa shape index (κ1) is 46.3. The van der Waals surface area contributed by atoms with Crippen molar-refractivity contribution >= 4 is 35.4 Å². The van der Waals surface area contributed by atoms with Crippen LogP contribution in [-0.4, -0.2) is 106 Å². The van der Waals surface area contributed by atoms with E-state index in [-0.39, 0.29) is 49.7 Å². The van der Waals surface area contributed by atoms with Crippen LogP contribution in [0.15, 0.2) is 72.4 Å². The Morgan fingerprint density at radius 2 is 1.81 bits per heavy atom. The second kappa shape index (κ2) is 22.6. The zero-order valence-corrected chi connectivity index (χ0v) is 33.6. The number of ether oxygens (including phenoxy) is 1. The summed E-state index contributed by atoms with van der Waals surface area (Å²) < 4.78 is 5.97. The second-order valence-electron chi connectivity index (χ2n) is 15.0. The highest BCUT2D eigenvalue weighted by Crippen LogP contribution is 2.24. The molecule has 1 aromatic rings. The summed E-state index contributed by atoms with van der Waals surface area (Å²) in [4.78, 5) is 79.6. The molecule has 1 saturated heterocycles. The van der Waals surface area contributed by atoms with Crippen LogP contribution in [0, 0.1) is 17.8 Å². The van der Waals surface area contributed by atoms with Gasteiger partial charge in [0.15, 0.2) is 0 Å². The van der Waals surface area contributed by atoms with E-state index >= 15 is 0 Å². The van der Waals surface area contributed by atoms with E-state index in [1.807, 2.05) is 0 Å². The number of benzene rings is 1. The number of likely N-dealkylation sites (N-methyl/N-ethyl adjacent to an activating group) is 1. The maximum absolute atomic E-state index is 14.3. The van der Waals surface area contributed by atoms with Crippen molar-refractivity contribution in [3.63, 3.8) is 0 Å². The fraction of sp³-hybridized carbons (Fsp3) is 0.524. The lowest BCUT2D eigenvalue weighted by molar-refractivity contribution is -0.156. The van der Waals surface area contributed by atoms with Crippen molar-refractivity contribution < 1.29 is 48.8 Å². The van der Waals surface area contributed by atoms with Gasteiger partial charge in [0, 0.05) is 44.8 Å². The molecule has 0 spiro atoms. The molecule has 0 saturated carbocycles. The lowest BCUT2D eigenvalue weighted by Gasteiger charge is -2.36. The van der Waals surface area contributed by atoms with Crippen molar-refractivity contribution in [2.45, 2.75) is 110 Å². The van der Waals surface area contributed by atoms with Gasteiger partial charge in [0.25, 0.3) is 5.91 Å². The number of aliphatic hydroxyl groups is 2. The molecule has 0 radical (unpaired) electrons. The number of hydrazine groups is 1. The molecule has 2 aliphatic rings. The number of fused-ring (bicyclic) bond motifs is 2. The quantitative estimate of drug-likeness (QED) is 0.109. The lowest BCUT2D eigenvalue weighted by atomic mass is 9.84. The number of Topliss-reactive ketones (excluding diaryl/α,β-unsaturated/α-hetero) is 1. The number of carbonyl (C=O) groups is 6. The number of ketones is 1. The predicted molar refractivity (Wildman–Crippen MR) is 213 cm³/mol. The molecule has 8 atom stereocenters. The number of nitrogens with one attached hydrogen (secondary N) is 4. The fourth-order valence-electron chi connectivity index (χ4n) is 6.52. The van der Waals surface area contributed by atoms with Crippen LogP contribution in [0.25, 0.3) is 0 Å². The van der Waals surface area contributed by atoms with Crippen molar-refractivity contribution in [2.75, 3.05) is 13.6 Å². The summed E-state index contributed by atoms with van der Waals surface area (Å²) in [6.45, 7) is 8.30. The highest BCUT2D eigenvalue weighted by Gasteiger charge is 2.38. The molecule has 2 heterocycles. The Bertz CT molecular complexity index is 1700. The topological polar surface area (TPSA) is 224 Å². The van der Waals surface area contributed by atoms with Gasteiger partial charge in [0.05, 0.1) is 18.1 Å². The summed E-state index contributed by atoms with van der Waals surface area (Å²) in [5.41, 5.74) is 4.14. The number of rotatable bonds is 9. The third-order valence-corrected chi connectivity index (χ3v) is 10.1. The van der Waals surface area contributed by atoms with Gasteiger partial charge in [-0.3, -0.25) is 29.0 Å². The molecule has 312 valence electrons. The number of nitrogens with zero attached hydrogens (tertiary/aromatic N) is 1. The molecular formula is C42H59N5O10. The Kier molecular flexibility index (Phi) is 18.3. The van der Waals surface area contributed by atoms with E-state index in [1.54, 1.807) is 64.1 Å². The first-order valence-corrected chi connectivity index (χ1v) is 19.4. The Balaban J connectivity index is 2.08. The number of carbonyl (C=O) groups excluding carboxylic acids is 6. The molecule has 2 aliphatic heterocycles. The van der Waals surface area contributed by atoms with Crippen LogP contribution < -0.4 is 21.4 Å². The average Bonchev–Trinajstić information content (AvgIpc) is 3.17. The monoisotopic (exact) mass is 793 g/mol. The van der Waals surface area contributed by atoms with Crippen LogP contribution in [0.3, 0.4) is 0 Å². The number of phenols is 1. The van der Waals surface area contributed by atoms with Gasteiger partial charge in [-0.25, -0.2) is 5.43 Å². The van der Waals surface area contributed by atoms with Gasteiger partial charge in [-0.05, 0) is 62.3 Å². The average molecular weight is 794 g/mol. The number of amides is 4. The van der Waals surface area contributed by atoms with Crippen LogP contribution in [0.4, 0.5) is 0 Å². The minimum absolute atomic E-state index is 0.0272. The van der Waals surface area contributed by atoms with E-state index in [2.05, 4.69) is 21.4 Å². The van der Waals surface area contributed by atoms with E-state index in [0.29, 0.717) is 24.0 Å². The second-order valence-corrected chi connectivity index (χ2v) is 15.0. The number of aliphatic hydroxyl groups excluding tert-OH is 2. The number of hydrogen-bond acceptors (Lipinski definition) is 11. The molecular weight excluding hydrogens is 734 g/mol. The minimum atomic E-state index is -1.42. The SMILES string of the molecule is CNC(=O)/C=C/C=C(\C)[C@@H]1C/C=C/C=C/[C@H](O)[C@H](C)[C@@H](O)[C@@H](CCC(C)=O)C(=O)N[C@@H](C(C)C)C(=O)N[C@@H](Cc2cccc(O)c2)C(=O)N2CCCC(N2)C(=O)O1. The molecule has 1 fully saturated rings. The molecule has 1 aromatic carbocycles. The molecule has 57 heavy (non-hydrogen) atoms. The maximum atomic E-state index is 14.3. The molecule has 15 heteroatoms. The molecule has 1 unspecified atom stereocenters. The van der Waals surface area contributed by atoms with E-state index < -0.39 is 77.9 Å². The number of hydrogen-bond donors (Lipinski definition) is 7. The van der Waals surface area contributed by atoms with Gasteiger partial charge < -0.3 is 40.8 Å². The van der Waals surface area contributed by atoms with Crippen LogP contribution in [0.5, 0.6) is 5.75 Å². The third-order valence-electron chi connectivity index (χ3n) is 10.1. The molecule has 15 nitrogen and oxygen atoms in total. The number of esters is 1. The Morgan fingerprint density at radius 1 is 1.07 bits per heavy atom. The first-order chi connectivity index (χ1) is 27.0. The number of allylic oxidation sites excluding steroid dienone is 4. The van der Waals surface area contributed by atoms with Crippen molar-refractivity contribution in [3.05, 3.63) is 77.9 Å². The standard InChI is InChI=1S/C42H59N5O10/c1-25(2)37-40(54)44-33(24-29-14-11-15-30(49)23-29)41(55)47-22-12-16-32(46-47)42(56)57-35(26(3)13-10-19-36(51)43-6)18-9-7-8-17-34(50)28(5)38(52)31(39(53)45-37)21-20-27(4)48/h7-11,13-15,17,19,23,25,28,31-35,37-38,46,49-50,52H,12,16,18,20-22,24H2,1-6H3,(H,43,51)(H,44,54)(H,45,53)/b9-7+,17-8+,19-10+,26-13+/t28-,31+,32?,33-,34-,35-,37-,38+/m0/s1. The van der Waals surface area contributed by atoms with Gasteiger partial charge in [0.1, 0.15) is 35.8 Å². The molecule has 0 aliphatic carbocycles. The molecule has 4 amide bonds. The van der Waals surface area contributed by atoms with Crippen LogP contribution in [0.1, 0.15) is 72.3 Å². The van der Waals surface area contributed by atoms with Gasteiger partial charge in [-0.1, -0.05) is 69.4 Å². The Hall–Kier alpha value is -5.12. The molecule has 2 bridgehead atoms. The first-order valence-electron chi connectivity index (χ1n) is 19.4. The van der Waals surface area contributed by atoms with E-state index in [1.165, 1.54) is 49.3 Å². The molecule has 0 aromatic heterocycles. The van der Waals surface area contributed by atoms with Crippen LogP contribution in [-0.2, 0) is 39.9 Å². The van der Waals surface area contributed by atoms with Crippen molar-refractivity contribution in [1.82, 2.24) is 26.4 Å². The van der Waals surface area contributed by atoms with E-state index in [0.717, 1.165) is 0 Å². The summed E-state index contributed by atoms with van der Waals surface area (Å²) >= 11 is 0. The Morgan fingerprint density at radius 3 is 2.47 bits per heavy atom. The number of cyclic esters (lactones) is 1. The van der Waals surface area contributed by atoms with Crippen molar-refractivity contribution in [2.24, 2.45) is 17.8 Å². The van der Waals surface area contributed by atoms with Crippen LogP contribution >= 0.6 is 0 Å². The van der Waals surface area contributed by atoms with E-state index in [9.17, 15) is 44.1 Å². The van der Waals surface area contributed by atoms with Gasteiger partial charge in [-0.15, -0.1) is 0 Å². The van der Waals surface area contributed by atoms with Crippen molar-refractivity contribution in [1.29, 1.82) is 0 Å².